The van der Waals surface area contributed by atoms with Gasteiger partial charge in [-0.3, -0.25) is 4.79 Å². The van der Waals surface area contributed by atoms with Gasteiger partial charge in [0.1, 0.15) is 0 Å². The van der Waals surface area contributed by atoms with Crippen molar-refractivity contribution < 1.29 is 9.53 Å². The summed E-state index contributed by atoms with van der Waals surface area (Å²) in [4.78, 5) is 10.8. The fourth-order valence-electron chi connectivity index (χ4n) is 0.710. The molecule has 0 aliphatic carbocycles. The summed E-state index contributed by atoms with van der Waals surface area (Å²) in [6.45, 7) is 5.96. The van der Waals surface area contributed by atoms with Crippen molar-refractivity contribution in [3.8, 4) is 0 Å². The van der Waals surface area contributed by atoms with E-state index in [4.69, 9.17) is 4.74 Å². The summed E-state index contributed by atoms with van der Waals surface area (Å²) in [5, 5.41) is 0. The second kappa shape index (κ2) is 8.05. The molecule has 0 amide bonds. The van der Waals surface area contributed by atoms with Crippen LogP contribution in [0.15, 0.2) is 24.8 Å². The number of hydrogen-bond acceptors (Lipinski definition) is 2. The molecule has 0 spiro atoms. The molecule has 68 valence electrons. The van der Waals surface area contributed by atoms with Crippen LogP contribution in [-0.4, -0.2) is 12.6 Å². The van der Waals surface area contributed by atoms with Crippen molar-refractivity contribution in [1.29, 1.82) is 0 Å². The molecule has 0 radical (unpaired) electrons. The van der Waals surface area contributed by atoms with Gasteiger partial charge in [0.2, 0.25) is 0 Å². The second-order valence-electron chi connectivity index (χ2n) is 2.42. The Bertz CT molecular complexity index is 159. The standard InChI is InChI=1S/C10H16O2/c1-3-5-6-7-9-12-10(11)8-4-2/h3,5-6H,1,4,7-9H2,2H3/b6-5-. The molecule has 0 aliphatic heterocycles. The van der Waals surface area contributed by atoms with E-state index in [1.54, 1.807) is 6.08 Å². The van der Waals surface area contributed by atoms with Crippen LogP contribution < -0.4 is 0 Å². The van der Waals surface area contributed by atoms with Crippen LogP contribution in [0.3, 0.4) is 0 Å². The fourth-order valence-corrected chi connectivity index (χ4v) is 0.710. The quantitative estimate of drug-likeness (QED) is 0.346. The summed E-state index contributed by atoms with van der Waals surface area (Å²) < 4.78 is 4.90. The average Bonchev–Trinajstić information content (AvgIpc) is 2.05. The fraction of sp³-hybridized carbons (Fsp3) is 0.500. The highest BCUT2D eigenvalue weighted by Gasteiger charge is 1.97. The van der Waals surface area contributed by atoms with Gasteiger partial charge in [-0.25, -0.2) is 0 Å². The highest BCUT2D eigenvalue weighted by molar-refractivity contribution is 5.69. The lowest BCUT2D eigenvalue weighted by molar-refractivity contribution is -0.143. The first-order valence-corrected chi connectivity index (χ1v) is 4.24. The Morgan fingerprint density at radius 3 is 2.92 bits per heavy atom. The van der Waals surface area contributed by atoms with Gasteiger partial charge in [0.05, 0.1) is 6.61 Å². The van der Waals surface area contributed by atoms with Crippen LogP contribution in [0, 0.1) is 0 Å². The van der Waals surface area contributed by atoms with Crippen LogP contribution in [0.5, 0.6) is 0 Å². The first-order chi connectivity index (χ1) is 5.81. The van der Waals surface area contributed by atoms with Crippen molar-refractivity contribution in [3.63, 3.8) is 0 Å². The third-order valence-corrected chi connectivity index (χ3v) is 1.27. The summed E-state index contributed by atoms with van der Waals surface area (Å²) in [7, 11) is 0. The van der Waals surface area contributed by atoms with Gasteiger partial charge in [0, 0.05) is 6.42 Å². The Balaban J connectivity index is 3.24. The van der Waals surface area contributed by atoms with Gasteiger partial charge in [0.15, 0.2) is 0 Å². The maximum absolute atomic E-state index is 10.8. The van der Waals surface area contributed by atoms with Gasteiger partial charge < -0.3 is 4.74 Å². The third kappa shape index (κ3) is 7.06. The molecule has 0 atom stereocenters. The molecule has 0 aromatic heterocycles. The van der Waals surface area contributed by atoms with Crippen molar-refractivity contribution in [1.82, 2.24) is 0 Å². The molecular weight excluding hydrogens is 152 g/mol. The number of carbonyl (C=O) groups is 1. The Kier molecular flexibility index (Phi) is 7.35. The minimum Gasteiger partial charge on any atom is -0.465 e. The van der Waals surface area contributed by atoms with Crippen molar-refractivity contribution in [3.05, 3.63) is 24.8 Å². The predicted molar refractivity (Wildman–Crippen MR) is 49.8 cm³/mol. The SMILES string of the molecule is C=C/C=C\CCOC(=O)CCC. The predicted octanol–water partition coefficient (Wildman–Crippen LogP) is 2.46. The van der Waals surface area contributed by atoms with Gasteiger partial charge >= 0.3 is 5.97 Å². The van der Waals surface area contributed by atoms with Gasteiger partial charge in [-0.05, 0) is 12.8 Å². The maximum atomic E-state index is 10.8. The molecule has 0 heterocycles. The number of carbonyl (C=O) groups excluding carboxylic acids is 1. The highest BCUT2D eigenvalue weighted by atomic mass is 16.5. The van der Waals surface area contributed by atoms with E-state index in [0.29, 0.717) is 13.0 Å². The van der Waals surface area contributed by atoms with Crippen molar-refractivity contribution in [2.45, 2.75) is 26.2 Å². The lowest BCUT2D eigenvalue weighted by Crippen LogP contribution is -2.04. The van der Waals surface area contributed by atoms with Gasteiger partial charge in [0.25, 0.3) is 0 Å². The summed E-state index contributed by atoms with van der Waals surface area (Å²) in [5.41, 5.74) is 0. The first kappa shape index (κ1) is 11.0. The summed E-state index contributed by atoms with van der Waals surface area (Å²) in [6.07, 6.45) is 7.60. The minimum atomic E-state index is -0.107. The lowest BCUT2D eigenvalue weighted by Gasteiger charge is -1.99. The van der Waals surface area contributed by atoms with Crippen LogP contribution in [0.2, 0.25) is 0 Å². The number of hydrogen-bond donors (Lipinski definition) is 0. The Labute approximate surface area is 73.9 Å². The van der Waals surface area contributed by atoms with Crippen LogP contribution >= 0.6 is 0 Å². The molecule has 0 aromatic rings. The van der Waals surface area contributed by atoms with Crippen LogP contribution in [0.25, 0.3) is 0 Å². The highest BCUT2D eigenvalue weighted by Crippen LogP contribution is 1.93. The maximum Gasteiger partial charge on any atom is 0.305 e. The van der Waals surface area contributed by atoms with Crippen molar-refractivity contribution in [2.24, 2.45) is 0 Å². The van der Waals surface area contributed by atoms with Gasteiger partial charge in [-0.1, -0.05) is 31.7 Å². The smallest absolute Gasteiger partial charge is 0.305 e. The zero-order valence-corrected chi connectivity index (χ0v) is 7.58. The number of allylic oxidation sites excluding steroid dienone is 2. The van der Waals surface area contributed by atoms with E-state index in [2.05, 4.69) is 6.58 Å². The molecule has 0 fully saturated rings. The van der Waals surface area contributed by atoms with E-state index in [-0.39, 0.29) is 5.97 Å². The van der Waals surface area contributed by atoms with Crippen molar-refractivity contribution >= 4 is 5.97 Å². The molecule has 0 unspecified atom stereocenters. The molecule has 2 heteroatoms. The average molecular weight is 168 g/mol. The van der Waals surface area contributed by atoms with E-state index in [1.807, 2.05) is 19.1 Å². The van der Waals surface area contributed by atoms with Crippen molar-refractivity contribution in [2.75, 3.05) is 6.61 Å². The Morgan fingerprint density at radius 1 is 1.58 bits per heavy atom. The second-order valence-corrected chi connectivity index (χ2v) is 2.42. The largest absolute Gasteiger partial charge is 0.465 e. The summed E-state index contributed by atoms with van der Waals surface area (Å²) in [5.74, 6) is -0.107. The zero-order valence-electron chi connectivity index (χ0n) is 7.58. The molecule has 0 rings (SSSR count). The van der Waals surface area contributed by atoms with Gasteiger partial charge in [-0.2, -0.15) is 0 Å². The topological polar surface area (TPSA) is 26.3 Å². The molecule has 0 N–H and O–H groups in total. The number of esters is 1. The summed E-state index contributed by atoms with van der Waals surface area (Å²) >= 11 is 0. The Morgan fingerprint density at radius 2 is 2.33 bits per heavy atom. The minimum absolute atomic E-state index is 0.107. The molecule has 2 nitrogen and oxygen atoms in total. The van der Waals surface area contributed by atoms with Crippen LogP contribution in [0.1, 0.15) is 26.2 Å². The van der Waals surface area contributed by atoms with E-state index >= 15 is 0 Å². The monoisotopic (exact) mass is 168 g/mol. The van der Waals surface area contributed by atoms with E-state index in [0.717, 1.165) is 12.8 Å². The molecule has 12 heavy (non-hydrogen) atoms. The van der Waals surface area contributed by atoms with Crippen LogP contribution in [-0.2, 0) is 9.53 Å². The Hall–Kier alpha value is -1.05. The first-order valence-electron chi connectivity index (χ1n) is 4.24. The van der Waals surface area contributed by atoms with E-state index < -0.39 is 0 Å². The molecule has 0 bridgehead atoms. The molecule has 0 saturated heterocycles. The normalized spacial score (nSPS) is 10.1. The van der Waals surface area contributed by atoms with Crippen LogP contribution in [0.4, 0.5) is 0 Å². The lowest BCUT2D eigenvalue weighted by atomic mass is 10.3. The third-order valence-electron chi connectivity index (χ3n) is 1.27. The molecule has 0 aliphatic rings. The van der Waals surface area contributed by atoms with E-state index in [1.165, 1.54) is 0 Å². The zero-order chi connectivity index (χ0) is 9.23. The molecule has 0 saturated carbocycles. The van der Waals surface area contributed by atoms with Gasteiger partial charge in [-0.15, -0.1) is 0 Å². The summed E-state index contributed by atoms with van der Waals surface area (Å²) in [6, 6.07) is 0. The molecule has 0 aromatic carbocycles. The number of ether oxygens (including phenoxy) is 1. The molecular formula is C10H16O2. The van der Waals surface area contributed by atoms with E-state index in [9.17, 15) is 4.79 Å². The number of rotatable bonds is 6.